The van der Waals surface area contributed by atoms with Crippen molar-refractivity contribution in [3.63, 3.8) is 0 Å². The normalized spacial score (nSPS) is 10.9. The molecule has 18 heavy (non-hydrogen) atoms. The fraction of sp³-hybridized carbons (Fsp3) is 0.429. The van der Waals surface area contributed by atoms with Crippen LogP contribution in [-0.2, 0) is 4.74 Å². The van der Waals surface area contributed by atoms with E-state index in [1.165, 1.54) is 0 Å². The van der Waals surface area contributed by atoms with Gasteiger partial charge in [0.25, 0.3) is 0 Å². The zero-order chi connectivity index (χ0) is 13.9. The zero-order valence-corrected chi connectivity index (χ0v) is 11.5. The monoisotopic (exact) mass is 249 g/mol. The molecule has 0 heterocycles. The summed E-state index contributed by atoms with van der Waals surface area (Å²) in [5.41, 5.74) is 2.08. The minimum absolute atomic E-state index is 0.487. The van der Waals surface area contributed by atoms with Crippen molar-refractivity contribution in [3.05, 3.63) is 28.8 Å². The van der Waals surface area contributed by atoms with E-state index in [1.807, 2.05) is 26.0 Å². The number of amides is 1. The molecule has 0 fully saturated rings. The van der Waals surface area contributed by atoms with Gasteiger partial charge >= 0.3 is 6.09 Å². The topological polar surface area (TPSA) is 55.4 Å². The Morgan fingerprint density at radius 2 is 1.78 bits per heavy atom. The first-order valence-corrected chi connectivity index (χ1v) is 5.80. The van der Waals surface area contributed by atoms with Crippen LogP contribution in [0.15, 0.2) is 12.1 Å². The van der Waals surface area contributed by atoms with Crippen LogP contribution in [0.25, 0.3) is 0 Å². The second kappa shape index (κ2) is 5.21. The summed E-state index contributed by atoms with van der Waals surface area (Å²) in [6.07, 6.45) is 0.189. The molecule has 0 unspecified atom stereocenters. The SMILES string of the molecule is Cc1ccc(C)c(NC(=O)OC(C)(C)C)c1C=O. The number of benzene rings is 1. The molecular weight excluding hydrogens is 230 g/mol. The lowest BCUT2D eigenvalue weighted by Gasteiger charge is -2.21. The van der Waals surface area contributed by atoms with Gasteiger partial charge in [0.15, 0.2) is 6.29 Å². The van der Waals surface area contributed by atoms with Gasteiger partial charge in [0.2, 0.25) is 0 Å². The lowest BCUT2D eigenvalue weighted by Crippen LogP contribution is -2.27. The van der Waals surface area contributed by atoms with Crippen LogP contribution >= 0.6 is 0 Å². The largest absolute Gasteiger partial charge is 0.444 e. The minimum Gasteiger partial charge on any atom is -0.444 e. The van der Waals surface area contributed by atoms with E-state index in [1.54, 1.807) is 20.8 Å². The first-order chi connectivity index (χ1) is 8.24. The van der Waals surface area contributed by atoms with Crippen molar-refractivity contribution in [2.24, 2.45) is 0 Å². The highest BCUT2D eigenvalue weighted by molar-refractivity contribution is 5.95. The molecule has 4 heteroatoms. The molecule has 0 saturated carbocycles. The highest BCUT2D eigenvalue weighted by Crippen LogP contribution is 2.23. The summed E-state index contributed by atoms with van der Waals surface area (Å²) in [6, 6.07) is 3.70. The van der Waals surface area contributed by atoms with Gasteiger partial charge in [-0.15, -0.1) is 0 Å². The molecular formula is C14H19NO3. The molecule has 0 spiro atoms. The summed E-state index contributed by atoms with van der Waals surface area (Å²) in [6.45, 7) is 9.02. The number of aryl methyl sites for hydroxylation is 2. The van der Waals surface area contributed by atoms with Gasteiger partial charge in [-0.3, -0.25) is 10.1 Å². The number of aldehydes is 1. The van der Waals surface area contributed by atoms with E-state index >= 15 is 0 Å². The van der Waals surface area contributed by atoms with Gasteiger partial charge in [0, 0.05) is 5.56 Å². The Kier molecular flexibility index (Phi) is 4.11. The van der Waals surface area contributed by atoms with Crippen molar-refractivity contribution < 1.29 is 14.3 Å². The average molecular weight is 249 g/mol. The first kappa shape index (κ1) is 14.2. The number of carbonyl (C=O) groups excluding carboxylic acids is 2. The Labute approximate surface area is 107 Å². The van der Waals surface area contributed by atoms with Gasteiger partial charge in [0.05, 0.1) is 5.69 Å². The third-order valence-electron chi connectivity index (χ3n) is 2.42. The van der Waals surface area contributed by atoms with Crippen molar-refractivity contribution in [2.45, 2.75) is 40.2 Å². The van der Waals surface area contributed by atoms with Crippen LogP contribution in [0.1, 0.15) is 42.3 Å². The fourth-order valence-electron chi connectivity index (χ4n) is 1.56. The number of hydrogen-bond donors (Lipinski definition) is 1. The molecule has 1 N–H and O–H groups in total. The molecule has 0 aliphatic rings. The molecule has 0 saturated heterocycles. The summed E-state index contributed by atoms with van der Waals surface area (Å²) in [4.78, 5) is 22.8. The predicted octanol–water partition coefficient (Wildman–Crippen LogP) is 3.46. The summed E-state index contributed by atoms with van der Waals surface area (Å²) < 4.78 is 5.17. The molecule has 1 rings (SSSR count). The number of hydrogen-bond acceptors (Lipinski definition) is 3. The maximum absolute atomic E-state index is 11.7. The molecule has 0 atom stereocenters. The third kappa shape index (κ3) is 3.58. The number of carbonyl (C=O) groups is 2. The van der Waals surface area contributed by atoms with E-state index in [2.05, 4.69) is 5.32 Å². The van der Waals surface area contributed by atoms with E-state index < -0.39 is 11.7 Å². The molecule has 1 aromatic rings. The summed E-state index contributed by atoms with van der Waals surface area (Å²) in [5.74, 6) is 0. The summed E-state index contributed by atoms with van der Waals surface area (Å²) in [7, 11) is 0. The molecule has 0 bridgehead atoms. The van der Waals surface area contributed by atoms with Crippen LogP contribution in [-0.4, -0.2) is 18.0 Å². The van der Waals surface area contributed by atoms with Gasteiger partial charge in [-0.05, 0) is 45.7 Å². The lowest BCUT2D eigenvalue weighted by atomic mass is 10.0. The van der Waals surface area contributed by atoms with Crippen molar-refractivity contribution in [2.75, 3.05) is 5.32 Å². The molecule has 0 aliphatic heterocycles. The Morgan fingerprint density at radius 1 is 1.22 bits per heavy atom. The Morgan fingerprint density at radius 3 is 2.28 bits per heavy atom. The smallest absolute Gasteiger partial charge is 0.412 e. The van der Waals surface area contributed by atoms with Gasteiger partial charge in [-0.1, -0.05) is 12.1 Å². The number of nitrogens with one attached hydrogen (secondary N) is 1. The molecule has 98 valence electrons. The molecule has 1 aromatic carbocycles. The summed E-state index contributed by atoms with van der Waals surface area (Å²) in [5, 5.41) is 2.63. The quantitative estimate of drug-likeness (QED) is 0.816. The van der Waals surface area contributed by atoms with Crippen LogP contribution in [0.4, 0.5) is 10.5 Å². The average Bonchev–Trinajstić information content (AvgIpc) is 2.21. The van der Waals surface area contributed by atoms with E-state index in [0.29, 0.717) is 11.3 Å². The first-order valence-electron chi connectivity index (χ1n) is 5.80. The predicted molar refractivity (Wildman–Crippen MR) is 71.2 cm³/mol. The number of ether oxygens (including phenoxy) is 1. The van der Waals surface area contributed by atoms with Gasteiger partial charge in [-0.2, -0.15) is 0 Å². The number of rotatable bonds is 2. The van der Waals surface area contributed by atoms with E-state index in [4.69, 9.17) is 4.74 Å². The van der Waals surface area contributed by atoms with Crippen molar-refractivity contribution in [1.82, 2.24) is 0 Å². The van der Waals surface area contributed by atoms with Crippen LogP contribution in [0.3, 0.4) is 0 Å². The van der Waals surface area contributed by atoms with Gasteiger partial charge in [-0.25, -0.2) is 4.79 Å². The van der Waals surface area contributed by atoms with Crippen LogP contribution in [0.5, 0.6) is 0 Å². The van der Waals surface area contributed by atoms with Crippen molar-refractivity contribution >= 4 is 18.1 Å². The Hall–Kier alpha value is -1.84. The second-order valence-corrected chi connectivity index (χ2v) is 5.23. The Balaban J connectivity index is 3.01. The summed E-state index contributed by atoms with van der Waals surface area (Å²) >= 11 is 0. The van der Waals surface area contributed by atoms with Crippen molar-refractivity contribution in [3.8, 4) is 0 Å². The standard InChI is InChI=1S/C14H19NO3/c1-9-6-7-10(2)12(11(9)8-16)15-13(17)18-14(3,4)5/h6-8H,1-5H3,(H,15,17). The number of anilines is 1. The molecule has 0 radical (unpaired) electrons. The van der Waals surface area contributed by atoms with Crippen molar-refractivity contribution in [1.29, 1.82) is 0 Å². The maximum atomic E-state index is 11.7. The zero-order valence-electron chi connectivity index (χ0n) is 11.5. The highest BCUT2D eigenvalue weighted by Gasteiger charge is 2.18. The maximum Gasteiger partial charge on any atom is 0.412 e. The fourth-order valence-corrected chi connectivity index (χ4v) is 1.56. The van der Waals surface area contributed by atoms with E-state index in [9.17, 15) is 9.59 Å². The van der Waals surface area contributed by atoms with E-state index in [-0.39, 0.29) is 0 Å². The lowest BCUT2D eigenvalue weighted by molar-refractivity contribution is 0.0636. The van der Waals surface area contributed by atoms with Crippen LogP contribution in [0, 0.1) is 13.8 Å². The van der Waals surface area contributed by atoms with Crippen LogP contribution < -0.4 is 5.32 Å². The molecule has 1 amide bonds. The van der Waals surface area contributed by atoms with E-state index in [0.717, 1.165) is 17.4 Å². The highest BCUT2D eigenvalue weighted by atomic mass is 16.6. The van der Waals surface area contributed by atoms with Crippen LogP contribution in [0.2, 0.25) is 0 Å². The molecule has 0 aliphatic carbocycles. The Bertz CT molecular complexity index is 473. The molecule has 0 aromatic heterocycles. The minimum atomic E-state index is -0.566. The van der Waals surface area contributed by atoms with Gasteiger partial charge < -0.3 is 4.74 Å². The third-order valence-corrected chi connectivity index (χ3v) is 2.42. The second-order valence-electron chi connectivity index (χ2n) is 5.23. The van der Waals surface area contributed by atoms with Gasteiger partial charge in [0.1, 0.15) is 5.60 Å². The molecule has 4 nitrogen and oxygen atoms in total.